The minimum Gasteiger partial charge on any atom is -0.497 e. The maximum absolute atomic E-state index is 5.18. The van der Waals surface area contributed by atoms with Gasteiger partial charge in [-0.15, -0.1) is 12.4 Å². The molecule has 0 spiro atoms. The van der Waals surface area contributed by atoms with E-state index in [-0.39, 0.29) is 12.4 Å². The predicted molar refractivity (Wildman–Crippen MR) is 101 cm³/mol. The van der Waals surface area contributed by atoms with Crippen LogP contribution in [0.5, 0.6) is 5.75 Å². The molecule has 0 radical (unpaired) electrons. The largest absolute Gasteiger partial charge is 0.497 e. The topological polar surface area (TPSA) is 21.3 Å². The van der Waals surface area contributed by atoms with Crippen LogP contribution in [0, 0.1) is 0 Å². The Bertz CT molecular complexity index is 527. The molecule has 1 N–H and O–H groups in total. The molecule has 0 saturated heterocycles. The molecule has 1 atom stereocenters. The van der Waals surface area contributed by atoms with Crippen molar-refractivity contribution in [2.75, 3.05) is 13.7 Å². The highest BCUT2D eigenvalue weighted by Crippen LogP contribution is 2.12. The molecule has 0 aliphatic rings. The molecule has 2 aromatic rings. The van der Waals surface area contributed by atoms with Crippen LogP contribution in [-0.4, -0.2) is 19.7 Å². The monoisotopic (exact) mass is 333 g/mol. The third-order valence-corrected chi connectivity index (χ3v) is 4.00. The van der Waals surface area contributed by atoms with E-state index in [9.17, 15) is 0 Å². The van der Waals surface area contributed by atoms with Crippen molar-refractivity contribution < 1.29 is 4.74 Å². The molecule has 2 aromatic carbocycles. The lowest BCUT2D eigenvalue weighted by molar-refractivity contribution is 0.414. The Kier molecular flexibility index (Phi) is 9.42. The quantitative estimate of drug-likeness (QED) is 0.674. The van der Waals surface area contributed by atoms with Crippen molar-refractivity contribution in [3.05, 3.63) is 65.7 Å². The number of benzene rings is 2. The molecule has 2 rings (SSSR count). The summed E-state index contributed by atoms with van der Waals surface area (Å²) >= 11 is 0. The van der Waals surface area contributed by atoms with Crippen LogP contribution in [0.2, 0.25) is 0 Å². The molecule has 0 bridgehead atoms. The fourth-order valence-corrected chi connectivity index (χ4v) is 2.56. The lowest BCUT2D eigenvalue weighted by atomic mass is 10.1. The van der Waals surface area contributed by atoms with Gasteiger partial charge in [0.05, 0.1) is 7.11 Å². The van der Waals surface area contributed by atoms with E-state index in [0.29, 0.717) is 6.04 Å². The van der Waals surface area contributed by atoms with Crippen LogP contribution in [0.15, 0.2) is 54.6 Å². The van der Waals surface area contributed by atoms with Crippen molar-refractivity contribution in [3.63, 3.8) is 0 Å². The smallest absolute Gasteiger partial charge is 0.118 e. The summed E-state index contributed by atoms with van der Waals surface area (Å²) in [7, 11) is 1.70. The van der Waals surface area contributed by atoms with Crippen molar-refractivity contribution in [1.29, 1.82) is 0 Å². The van der Waals surface area contributed by atoms with Crippen LogP contribution in [-0.2, 0) is 12.8 Å². The van der Waals surface area contributed by atoms with Crippen LogP contribution in [0.25, 0.3) is 0 Å². The molecule has 0 amide bonds. The molecule has 0 heterocycles. The number of nitrogens with one attached hydrogen (secondary N) is 1. The summed E-state index contributed by atoms with van der Waals surface area (Å²) in [5, 5.41) is 3.62. The van der Waals surface area contributed by atoms with Gasteiger partial charge >= 0.3 is 0 Å². The van der Waals surface area contributed by atoms with Gasteiger partial charge < -0.3 is 10.1 Å². The van der Waals surface area contributed by atoms with Crippen LogP contribution < -0.4 is 10.1 Å². The number of methoxy groups -OCH3 is 1. The van der Waals surface area contributed by atoms with Gasteiger partial charge in [-0.25, -0.2) is 0 Å². The van der Waals surface area contributed by atoms with Crippen molar-refractivity contribution >= 4 is 12.4 Å². The SMILES string of the molecule is COc1ccc(CCCNC(C)CCc2ccccc2)cc1.Cl. The minimum atomic E-state index is 0. The molecular formula is C20H28ClNO. The van der Waals surface area contributed by atoms with E-state index in [1.165, 1.54) is 24.0 Å². The van der Waals surface area contributed by atoms with E-state index in [2.05, 4.69) is 54.7 Å². The van der Waals surface area contributed by atoms with Gasteiger partial charge in [0.25, 0.3) is 0 Å². The van der Waals surface area contributed by atoms with Crippen LogP contribution >= 0.6 is 12.4 Å². The van der Waals surface area contributed by atoms with Crippen molar-refractivity contribution in [3.8, 4) is 5.75 Å². The fourth-order valence-electron chi connectivity index (χ4n) is 2.56. The van der Waals surface area contributed by atoms with Gasteiger partial charge in [-0.3, -0.25) is 0 Å². The van der Waals surface area contributed by atoms with Gasteiger partial charge in [0.1, 0.15) is 5.75 Å². The van der Waals surface area contributed by atoms with Gasteiger partial charge in [-0.05, 0) is 62.4 Å². The second-order valence-electron chi connectivity index (χ2n) is 5.83. The molecular weight excluding hydrogens is 306 g/mol. The third kappa shape index (κ3) is 7.54. The molecule has 0 saturated carbocycles. The van der Waals surface area contributed by atoms with E-state index in [0.717, 1.165) is 25.1 Å². The zero-order chi connectivity index (χ0) is 15.6. The highest BCUT2D eigenvalue weighted by atomic mass is 35.5. The number of halogens is 1. The summed E-state index contributed by atoms with van der Waals surface area (Å²) in [6.07, 6.45) is 4.62. The summed E-state index contributed by atoms with van der Waals surface area (Å²) in [6, 6.07) is 19.6. The number of hydrogen-bond acceptors (Lipinski definition) is 2. The van der Waals surface area contributed by atoms with Gasteiger partial charge in [-0.2, -0.15) is 0 Å². The molecule has 126 valence electrons. The average molecular weight is 334 g/mol. The normalized spacial score (nSPS) is 11.6. The fraction of sp³-hybridized carbons (Fsp3) is 0.400. The Morgan fingerprint density at radius 2 is 1.57 bits per heavy atom. The Labute approximate surface area is 146 Å². The number of aryl methyl sites for hydroxylation is 2. The molecule has 23 heavy (non-hydrogen) atoms. The van der Waals surface area contributed by atoms with E-state index in [1.807, 2.05) is 12.1 Å². The van der Waals surface area contributed by atoms with Gasteiger partial charge in [0, 0.05) is 6.04 Å². The third-order valence-electron chi connectivity index (χ3n) is 4.00. The van der Waals surface area contributed by atoms with Gasteiger partial charge in [0.15, 0.2) is 0 Å². The molecule has 0 aromatic heterocycles. The molecule has 2 nitrogen and oxygen atoms in total. The van der Waals surface area contributed by atoms with E-state index < -0.39 is 0 Å². The van der Waals surface area contributed by atoms with Crippen molar-refractivity contribution in [2.45, 2.75) is 38.6 Å². The summed E-state index contributed by atoms with van der Waals surface area (Å²) in [4.78, 5) is 0. The first-order valence-electron chi connectivity index (χ1n) is 8.18. The molecule has 1 unspecified atom stereocenters. The van der Waals surface area contributed by atoms with Gasteiger partial charge in [-0.1, -0.05) is 42.5 Å². The minimum absolute atomic E-state index is 0. The average Bonchev–Trinajstić information content (AvgIpc) is 2.58. The molecule has 0 aliphatic carbocycles. The number of rotatable bonds is 9. The zero-order valence-corrected chi connectivity index (χ0v) is 14.9. The standard InChI is InChI=1S/C20H27NO.ClH/c1-17(10-11-18-7-4-3-5-8-18)21-16-6-9-19-12-14-20(22-2)15-13-19;/h3-5,7-8,12-15,17,21H,6,9-11,16H2,1-2H3;1H. The Balaban J connectivity index is 0.00000264. The number of hydrogen-bond donors (Lipinski definition) is 1. The first kappa shape index (κ1) is 19.5. The van der Waals surface area contributed by atoms with Gasteiger partial charge in [0.2, 0.25) is 0 Å². The summed E-state index contributed by atoms with van der Waals surface area (Å²) in [6.45, 7) is 3.35. The summed E-state index contributed by atoms with van der Waals surface area (Å²) in [5.74, 6) is 0.927. The number of ether oxygens (including phenoxy) is 1. The second kappa shape index (κ2) is 11.1. The maximum Gasteiger partial charge on any atom is 0.118 e. The molecule has 0 fully saturated rings. The van der Waals surface area contributed by atoms with E-state index in [4.69, 9.17) is 4.74 Å². The van der Waals surface area contributed by atoms with Crippen LogP contribution in [0.3, 0.4) is 0 Å². The Morgan fingerprint density at radius 1 is 0.913 bits per heavy atom. The maximum atomic E-state index is 5.18. The zero-order valence-electron chi connectivity index (χ0n) is 14.1. The first-order chi connectivity index (χ1) is 10.8. The van der Waals surface area contributed by atoms with E-state index in [1.54, 1.807) is 7.11 Å². The summed E-state index contributed by atoms with van der Waals surface area (Å²) in [5.41, 5.74) is 2.80. The Morgan fingerprint density at radius 3 is 2.22 bits per heavy atom. The summed E-state index contributed by atoms with van der Waals surface area (Å²) < 4.78 is 5.18. The van der Waals surface area contributed by atoms with Crippen LogP contribution in [0.1, 0.15) is 30.9 Å². The van der Waals surface area contributed by atoms with Crippen molar-refractivity contribution in [1.82, 2.24) is 5.32 Å². The second-order valence-corrected chi connectivity index (χ2v) is 5.83. The van der Waals surface area contributed by atoms with Crippen LogP contribution in [0.4, 0.5) is 0 Å². The first-order valence-corrected chi connectivity index (χ1v) is 8.18. The predicted octanol–water partition coefficient (Wildman–Crippen LogP) is 4.66. The highest BCUT2D eigenvalue weighted by molar-refractivity contribution is 5.85. The van der Waals surface area contributed by atoms with Crippen molar-refractivity contribution in [2.24, 2.45) is 0 Å². The highest BCUT2D eigenvalue weighted by Gasteiger charge is 2.02. The van der Waals surface area contributed by atoms with E-state index >= 15 is 0 Å². The lowest BCUT2D eigenvalue weighted by Gasteiger charge is -2.13. The lowest BCUT2D eigenvalue weighted by Crippen LogP contribution is -2.27. The Hall–Kier alpha value is -1.51. The molecule has 3 heteroatoms. The molecule has 0 aliphatic heterocycles.